The minimum atomic E-state index is -2.32. The molecular weight excluding hydrogens is 343 g/mol. The monoisotopic (exact) mass is 363 g/mol. The van der Waals surface area contributed by atoms with E-state index in [9.17, 15) is 0 Å². The van der Waals surface area contributed by atoms with Crippen molar-refractivity contribution >= 4 is 17.8 Å². The van der Waals surface area contributed by atoms with Crippen molar-refractivity contribution in [2.75, 3.05) is 0 Å². The molecule has 0 unspecified atom stereocenters. The van der Waals surface area contributed by atoms with Gasteiger partial charge in [-0.2, -0.15) is 0 Å². The number of benzene rings is 4. The van der Waals surface area contributed by atoms with Crippen molar-refractivity contribution in [1.29, 1.82) is 0 Å². The molecular formula is C24H20Mn. The third-order valence-electron chi connectivity index (χ3n) is 4.24. The molecule has 0 atom stereocenters. The summed E-state index contributed by atoms with van der Waals surface area (Å²) in [6.45, 7) is 0. The fourth-order valence-corrected chi connectivity index (χ4v) is 8.80. The maximum absolute atomic E-state index is 2.32. The van der Waals surface area contributed by atoms with E-state index in [1.807, 2.05) is 0 Å². The first-order valence-corrected chi connectivity index (χ1v) is 10.8. The Labute approximate surface area is 152 Å². The van der Waals surface area contributed by atoms with Gasteiger partial charge in [0.15, 0.2) is 0 Å². The standard InChI is InChI=1S/4C6H5.Mn/c4*1-2-4-6-5-3-1;/h4*1-5H;. The molecule has 0 amide bonds. The molecule has 0 N–H and O–H groups in total. The molecule has 0 saturated heterocycles. The van der Waals surface area contributed by atoms with E-state index in [0.29, 0.717) is 0 Å². The molecule has 0 spiro atoms. The van der Waals surface area contributed by atoms with E-state index < -0.39 is 12.8 Å². The third kappa shape index (κ3) is 2.82. The van der Waals surface area contributed by atoms with E-state index in [1.54, 1.807) is 0 Å². The molecule has 4 aromatic carbocycles. The Hall–Kier alpha value is -2.60. The molecule has 25 heavy (non-hydrogen) atoms. The summed E-state index contributed by atoms with van der Waals surface area (Å²) < 4.78 is 5.67. The minimum absolute atomic E-state index is 1.42. The fraction of sp³-hybridized carbons (Fsp3) is 0. The van der Waals surface area contributed by atoms with E-state index >= 15 is 0 Å². The van der Waals surface area contributed by atoms with Crippen molar-refractivity contribution in [1.82, 2.24) is 0 Å². The second-order valence-electron chi connectivity index (χ2n) is 5.75. The van der Waals surface area contributed by atoms with Gasteiger partial charge >= 0.3 is 152 Å². The van der Waals surface area contributed by atoms with Gasteiger partial charge in [-0.3, -0.25) is 0 Å². The molecule has 0 aromatic heterocycles. The van der Waals surface area contributed by atoms with Crippen LogP contribution in [-0.4, -0.2) is 0 Å². The zero-order valence-electron chi connectivity index (χ0n) is 13.9. The average molecular weight is 363 g/mol. The number of hydrogen-bond acceptors (Lipinski definition) is 0. The third-order valence-corrected chi connectivity index (χ3v) is 9.90. The zero-order chi connectivity index (χ0) is 17.0. The van der Waals surface area contributed by atoms with Crippen LogP contribution < -0.4 is 17.8 Å². The summed E-state index contributed by atoms with van der Waals surface area (Å²) in [4.78, 5) is 0. The molecule has 0 nitrogen and oxygen atoms in total. The summed E-state index contributed by atoms with van der Waals surface area (Å²) in [6.07, 6.45) is 0. The Morgan fingerprint density at radius 3 is 0.680 bits per heavy atom. The number of hydrogen-bond donors (Lipinski definition) is 0. The molecule has 0 heterocycles. The van der Waals surface area contributed by atoms with Crippen molar-refractivity contribution < 1.29 is 12.8 Å². The van der Waals surface area contributed by atoms with E-state index in [-0.39, 0.29) is 0 Å². The van der Waals surface area contributed by atoms with Crippen molar-refractivity contribution in [3.63, 3.8) is 0 Å². The summed E-state index contributed by atoms with van der Waals surface area (Å²) >= 11 is -2.32. The van der Waals surface area contributed by atoms with Crippen LogP contribution in [0.3, 0.4) is 0 Å². The van der Waals surface area contributed by atoms with Crippen LogP contribution in [0.4, 0.5) is 0 Å². The van der Waals surface area contributed by atoms with Gasteiger partial charge in [0.1, 0.15) is 0 Å². The summed E-state index contributed by atoms with van der Waals surface area (Å²) in [7, 11) is 0. The molecule has 4 rings (SSSR count). The SMILES string of the molecule is c1cc[c]([Mn]([c]2ccccc2)([c]2ccccc2)[c]2ccccc2)cc1. The van der Waals surface area contributed by atoms with Crippen LogP contribution in [-0.2, 0) is 12.8 Å². The first-order valence-electron chi connectivity index (χ1n) is 8.40. The Morgan fingerprint density at radius 1 is 0.280 bits per heavy atom. The summed E-state index contributed by atoms with van der Waals surface area (Å²) in [6, 6.07) is 44.0. The molecule has 0 radical (unpaired) electrons. The van der Waals surface area contributed by atoms with Gasteiger partial charge in [0, 0.05) is 0 Å². The van der Waals surface area contributed by atoms with E-state index in [1.165, 1.54) is 17.8 Å². The predicted molar refractivity (Wildman–Crippen MR) is 104 cm³/mol. The Kier molecular flexibility index (Phi) is 4.52. The molecule has 0 aliphatic rings. The second kappa shape index (κ2) is 7.11. The summed E-state index contributed by atoms with van der Waals surface area (Å²) in [5.74, 6) is 0. The van der Waals surface area contributed by atoms with Crippen molar-refractivity contribution in [3.8, 4) is 0 Å². The van der Waals surface area contributed by atoms with Crippen LogP contribution >= 0.6 is 0 Å². The van der Waals surface area contributed by atoms with Crippen LogP contribution in [0.2, 0.25) is 0 Å². The molecule has 4 aromatic rings. The quantitative estimate of drug-likeness (QED) is 0.487. The van der Waals surface area contributed by atoms with Gasteiger partial charge in [0.05, 0.1) is 0 Å². The average Bonchev–Trinajstić information content (AvgIpc) is 2.72. The molecule has 0 aliphatic heterocycles. The molecule has 0 bridgehead atoms. The zero-order valence-corrected chi connectivity index (χ0v) is 15.1. The predicted octanol–water partition coefficient (Wildman–Crippen LogP) is 3.44. The van der Waals surface area contributed by atoms with Gasteiger partial charge in [-0.1, -0.05) is 0 Å². The van der Waals surface area contributed by atoms with Crippen LogP contribution in [0.15, 0.2) is 121 Å². The molecule has 123 valence electrons. The van der Waals surface area contributed by atoms with E-state index in [0.717, 1.165) is 0 Å². The van der Waals surface area contributed by atoms with Crippen molar-refractivity contribution in [3.05, 3.63) is 121 Å². The van der Waals surface area contributed by atoms with Gasteiger partial charge < -0.3 is 0 Å². The first-order chi connectivity index (χ1) is 12.4. The topological polar surface area (TPSA) is 0 Å². The molecule has 0 fully saturated rings. The maximum atomic E-state index is 2.29. The van der Waals surface area contributed by atoms with Crippen LogP contribution in [0.25, 0.3) is 0 Å². The van der Waals surface area contributed by atoms with E-state index in [4.69, 9.17) is 0 Å². The molecule has 1 heteroatoms. The van der Waals surface area contributed by atoms with Gasteiger partial charge in [-0.25, -0.2) is 0 Å². The normalized spacial score (nSPS) is 11.8. The van der Waals surface area contributed by atoms with Crippen LogP contribution in [0.1, 0.15) is 0 Å². The van der Waals surface area contributed by atoms with Gasteiger partial charge in [0.25, 0.3) is 0 Å². The fourth-order valence-electron chi connectivity index (χ4n) is 3.17. The Balaban J connectivity index is 2.13. The van der Waals surface area contributed by atoms with Crippen molar-refractivity contribution in [2.45, 2.75) is 0 Å². The van der Waals surface area contributed by atoms with Gasteiger partial charge in [-0.15, -0.1) is 0 Å². The Morgan fingerprint density at radius 2 is 0.480 bits per heavy atom. The van der Waals surface area contributed by atoms with Crippen molar-refractivity contribution in [2.24, 2.45) is 0 Å². The number of rotatable bonds is 4. The second-order valence-corrected chi connectivity index (χ2v) is 10.2. The summed E-state index contributed by atoms with van der Waals surface area (Å²) in [5.41, 5.74) is 0. The van der Waals surface area contributed by atoms with Crippen LogP contribution in [0.5, 0.6) is 0 Å². The Bertz CT molecular complexity index is 753. The summed E-state index contributed by atoms with van der Waals surface area (Å²) in [5, 5.41) is 0. The van der Waals surface area contributed by atoms with Crippen LogP contribution in [0, 0.1) is 0 Å². The van der Waals surface area contributed by atoms with E-state index in [2.05, 4.69) is 121 Å². The van der Waals surface area contributed by atoms with Gasteiger partial charge in [0.2, 0.25) is 0 Å². The molecule has 0 saturated carbocycles. The van der Waals surface area contributed by atoms with Gasteiger partial charge in [-0.05, 0) is 0 Å². The molecule has 0 aliphatic carbocycles. The first kappa shape index (κ1) is 15.9.